The van der Waals surface area contributed by atoms with Crippen molar-refractivity contribution in [2.24, 2.45) is 9.39 Å². The molecular formula is C18H13ClN4O2S3. The number of benzene rings is 1. The van der Waals surface area contributed by atoms with Gasteiger partial charge in [0.05, 0.1) is 17.5 Å². The Hall–Kier alpha value is -1.94. The summed E-state index contributed by atoms with van der Waals surface area (Å²) in [4.78, 5) is 17.9. The summed E-state index contributed by atoms with van der Waals surface area (Å²) in [5.41, 5.74) is 1.31. The van der Waals surface area contributed by atoms with Gasteiger partial charge < -0.3 is 4.42 Å². The van der Waals surface area contributed by atoms with Crippen molar-refractivity contribution in [1.82, 2.24) is 4.90 Å². The van der Waals surface area contributed by atoms with Crippen molar-refractivity contribution >= 4 is 75.2 Å². The Bertz CT molecular complexity index is 1040. The van der Waals surface area contributed by atoms with Crippen LogP contribution < -0.4 is 0 Å². The molecule has 3 heterocycles. The molecule has 1 aromatic carbocycles. The van der Waals surface area contributed by atoms with Crippen molar-refractivity contribution in [3.63, 3.8) is 0 Å². The molecule has 0 spiro atoms. The van der Waals surface area contributed by atoms with Crippen LogP contribution in [0.25, 0.3) is 6.08 Å². The molecule has 0 fully saturated rings. The summed E-state index contributed by atoms with van der Waals surface area (Å²) in [7, 11) is 0. The molecule has 0 aliphatic carbocycles. The molecule has 0 unspecified atom stereocenters. The summed E-state index contributed by atoms with van der Waals surface area (Å²) in [5.74, 6) is 0.828. The Kier molecular flexibility index (Phi) is 5.68. The topological polar surface area (TPSA) is 82.0 Å². The Labute approximate surface area is 179 Å². The molecule has 2 aliphatic rings. The van der Waals surface area contributed by atoms with Crippen molar-refractivity contribution in [2.75, 3.05) is 6.26 Å². The molecule has 0 bridgehead atoms. The van der Waals surface area contributed by atoms with E-state index in [0.717, 1.165) is 28.4 Å². The molecule has 10 heteroatoms. The van der Waals surface area contributed by atoms with Gasteiger partial charge in [0.15, 0.2) is 10.3 Å². The van der Waals surface area contributed by atoms with E-state index in [1.54, 1.807) is 28.8 Å². The van der Waals surface area contributed by atoms with E-state index >= 15 is 0 Å². The normalized spacial score (nSPS) is 17.8. The van der Waals surface area contributed by atoms with E-state index in [9.17, 15) is 4.79 Å². The van der Waals surface area contributed by atoms with Crippen LogP contribution in [0, 0.1) is 5.41 Å². The lowest BCUT2D eigenvalue weighted by Crippen LogP contribution is -2.41. The summed E-state index contributed by atoms with van der Waals surface area (Å²) in [6, 6.07) is 11.3. The number of hydrogen-bond donors (Lipinski definition) is 1. The number of hydrogen-bond acceptors (Lipinski definition) is 7. The molecule has 2 aliphatic heterocycles. The van der Waals surface area contributed by atoms with Crippen LogP contribution in [0.2, 0.25) is 5.02 Å². The van der Waals surface area contributed by atoms with Gasteiger partial charge in [0, 0.05) is 10.8 Å². The smallest absolute Gasteiger partial charge is 0.283 e. The molecule has 0 radical (unpaired) electrons. The van der Waals surface area contributed by atoms with Crippen molar-refractivity contribution < 1.29 is 9.21 Å². The summed E-state index contributed by atoms with van der Waals surface area (Å²) < 4.78 is 10.0. The van der Waals surface area contributed by atoms with Crippen LogP contribution in [0.3, 0.4) is 0 Å². The molecule has 28 heavy (non-hydrogen) atoms. The minimum atomic E-state index is -0.465. The average molecular weight is 449 g/mol. The fourth-order valence-electron chi connectivity index (χ4n) is 2.50. The predicted molar refractivity (Wildman–Crippen MR) is 118 cm³/mol. The number of carbonyl (C=O) groups is 1. The average Bonchev–Trinajstić information content (AvgIpc) is 3.31. The number of halogens is 1. The highest BCUT2D eigenvalue weighted by Gasteiger charge is 2.37. The monoisotopic (exact) mass is 448 g/mol. The van der Waals surface area contributed by atoms with Gasteiger partial charge in [0.1, 0.15) is 11.6 Å². The fraction of sp³-hybridized carbons (Fsp3) is 0.111. The summed E-state index contributed by atoms with van der Waals surface area (Å²) in [5, 5.41) is 10.9. The Morgan fingerprint density at radius 3 is 2.82 bits per heavy atom. The second kappa shape index (κ2) is 8.20. The van der Waals surface area contributed by atoms with Gasteiger partial charge in [-0.15, -0.1) is 0 Å². The van der Waals surface area contributed by atoms with Gasteiger partial charge in [0.2, 0.25) is 5.17 Å². The van der Waals surface area contributed by atoms with E-state index in [0.29, 0.717) is 21.1 Å². The van der Waals surface area contributed by atoms with Gasteiger partial charge in [-0.1, -0.05) is 47.3 Å². The van der Waals surface area contributed by atoms with Crippen LogP contribution in [0.15, 0.2) is 60.9 Å². The Morgan fingerprint density at radius 2 is 2.07 bits per heavy atom. The fourth-order valence-corrected chi connectivity index (χ4v) is 4.90. The van der Waals surface area contributed by atoms with Crippen molar-refractivity contribution in [1.29, 1.82) is 5.41 Å². The van der Waals surface area contributed by atoms with Crippen LogP contribution in [0.5, 0.6) is 0 Å². The number of rotatable bonds is 4. The molecule has 0 saturated carbocycles. The third-order valence-corrected chi connectivity index (χ3v) is 6.55. The molecule has 1 amide bonds. The van der Waals surface area contributed by atoms with E-state index in [2.05, 4.69) is 9.39 Å². The van der Waals surface area contributed by atoms with Gasteiger partial charge in [-0.2, -0.15) is 9.39 Å². The quantitative estimate of drug-likeness (QED) is 0.395. The number of nitrogens with one attached hydrogen (secondary N) is 1. The number of furan rings is 1. The number of amides is 1. The third kappa shape index (κ3) is 3.93. The maximum Gasteiger partial charge on any atom is 0.283 e. The first kappa shape index (κ1) is 19.4. The summed E-state index contributed by atoms with van der Waals surface area (Å²) in [6.45, 7) is 0. The highest BCUT2D eigenvalue weighted by Crippen LogP contribution is 2.32. The number of aliphatic imine (C=N–C) groups is 1. The second-order valence-electron chi connectivity index (χ2n) is 5.68. The first-order valence-corrected chi connectivity index (χ1v) is 11.4. The van der Waals surface area contributed by atoms with Gasteiger partial charge >= 0.3 is 0 Å². The third-order valence-electron chi connectivity index (χ3n) is 3.86. The zero-order valence-corrected chi connectivity index (χ0v) is 17.7. The lowest BCUT2D eigenvalue weighted by molar-refractivity contribution is -0.114. The molecule has 0 saturated heterocycles. The van der Waals surface area contributed by atoms with E-state index in [4.69, 9.17) is 21.4 Å². The first-order chi connectivity index (χ1) is 13.5. The van der Waals surface area contributed by atoms with Gasteiger partial charge in [0.25, 0.3) is 5.91 Å². The Morgan fingerprint density at radius 1 is 1.29 bits per heavy atom. The number of amidine groups is 3. The largest absolute Gasteiger partial charge is 0.450 e. The summed E-state index contributed by atoms with van der Waals surface area (Å²) in [6.07, 6.45) is 3.42. The van der Waals surface area contributed by atoms with Gasteiger partial charge in [-0.3, -0.25) is 10.2 Å². The minimum absolute atomic E-state index is 0.0554. The van der Waals surface area contributed by atoms with Gasteiger partial charge in [-0.05, 0) is 42.2 Å². The maximum atomic E-state index is 12.3. The standard InChI is InChI=1S/C18H13ClN4O2S3/c1-26-18-22-28-17-21-16(24)13(15(20)23(17)18)8-12-6-7-14(25-12)27-9-10-2-4-11(19)5-3-10/h2-8,20H,9H2,1H3/b13-8-,20-15?. The first-order valence-electron chi connectivity index (χ1n) is 8.05. The van der Waals surface area contributed by atoms with Crippen molar-refractivity contribution in [3.8, 4) is 0 Å². The van der Waals surface area contributed by atoms with Crippen molar-refractivity contribution in [2.45, 2.75) is 10.8 Å². The molecule has 4 rings (SSSR count). The number of thioether (sulfide) groups is 2. The molecule has 1 aromatic heterocycles. The highest BCUT2D eigenvalue weighted by atomic mass is 35.5. The molecule has 142 valence electrons. The lowest BCUT2D eigenvalue weighted by Gasteiger charge is -2.23. The molecule has 2 aromatic rings. The maximum absolute atomic E-state index is 12.3. The van der Waals surface area contributed by atoms with E-state index in [1.165, 1.54) is 11.8 Å². The molecule has 0 atom stereocenters. The van der Waals surface area contributed by atoms with Crippen LogP contribution in [0.1, 0.15) is 11.3 Å². The number of nitrogens with zero attached hydrogens (tertiary/aromatic N) is 3. The highest BCUT2D eigenvalue weighted by molar-refractivity contribution is 8.18. The lowest BCUT2D eigenvalue weighted by atomic mass is 10.1. The Balaban J connectivity index is 1.50. The molecule has 6 nitrogen and oxygen atoms in total. The second-order valence-corrected chi connectivity index (χ2v) is 8.60. The predicted octanol–water partition coefficient (Wildman–Crippen LogP) is 5.16. The van der Waals surface area contributed by atoms with E-state index < -0.39 is 5.91 Å². The van der Waals surface area contributed by atoms with Crippen LogP contribution in [-0.2, 0) is 10.5 Å². The number of fused-ring (bicyclic) bond motifs is 1. The number of carbonyl (C=O) groups excluding carboxylic acids is 1. The van der Waals surface area contributed by atoms with Crippen molar-refractivity contribution in [3.05, 3.63) is 58.3 Å². The molecule has 1 N–H and O–H groups in total. The zero-order chi connectivity index (χ0) is 19.7. The van der Waals surface area contributed by atoms with E-state index in [1.807, 2.05) is 36.6 Å². The van der Waals surface area contributed by atoms with Crippen LogP contribution >= 0.6 is 47.1 Å². The molecular weight excluding hydrogens is 436 g/mol. The van der Waals surface area contributed by atoms with E-state index in [-0.39, 0.29) is 11.4 Å². The summed E-state index contributed by atoms with van der Waals surface area (Å²) >= 11 is 9.95. The van der Waals surface area contributed by atoms with Crippen LogP contribution in [-0.4, -0.2) is 33.2 Å². The minimum Gasteiger partial charge on any atom is -0.450 e. The van der Waals surface area contributed by atoms with Gasteiger partial charge in [-0.25, -0.2) is 4.90 Å². The zero-order valence-electron chi connectivity index (χ0n) is 14.5. The van der Waals surface area contributed by atoms with Crippen LogP contribution in [0.4, 0.5) is 0 Å². The SMILES string of the molecule is CSC1=NSC2=NC(=O)/C(=C\c3ccc(SCc4ccc(Cl)cc4)o3)C(=N)N12.